The first kappa shape index (κ1) is 26.8. The van der Waals surface area contributed by atoms with Gasteiger partial charge in [-0.25, -0.2) is 0 Å². The number of halogens is 1. The molecule has 0 saturated heterocycles. The van der Waals surface area contributed by atoms with Gasteiger partial charge in [-0.2, -0.15) is 0 Å². The van der Waals surface area contributed by atoms with E-state index >= 15 is 0 Å². The number of nitrogens with zero attached hydrogens (tertiary/aromatic N) is 1. The van der Waals surface area contributed by atoms with Gasteiger partial charge in [-0.05, 0) is 42.2 Å². The molecule has 0 aromatic heterocycles. The first-order chi connectivity index (χ1) is 17.0. The first-order valence-corrected chi connectivity index (χ1v) is 13.5. The monoisotopic (exact) mass is 508 g/mol. The molecular formula is C29H33ClN2O2S. The van der Waals surface area contributed by atoms with Crippen LogP contribution < -0.4 is 5.32 Å². The van der Waals surface area contributed by atoms with Gasteiger partial charge in [-0.15, -0.1) is 11.8 Å². The summed E-state index contributed by atoms with van der Waals surface area (Å²) < 4.78 is 0. The number of hydrogen-bond donors (Lipinski definition) is 1. The summed E-state index contributed by atoms with van der Waals surface area (Å²) in [5.74, 6) is 0.829. The van der Waals surface area contributed by atoms with Crippen LogP contribution in [0.15, 0.2) is 84.9 Å². The van der Waals surface area contributed by atoms with Crippen molar-refractivity contribution in [2.24, 2.45) is 0 Å². The molecule has 0 bridgehead atoms. The second kappa shape index (κ2) is 14.0. The maximum atomic E-state index is 13.6. The van der Waals surface area contributed by atoms with Gasteiger partial charge in [0, 0.05) is 29.8 Å². The van der Waals surface area contributed by atoms with Crippen LogP contribution in [0.2, 0.25) is 5.02 Å². The van der Waals surface area contributed by atoms with Crippen molar-refractivity contribution in [3.8, 4) is 0 Å². The van der Waals surface area contributed by atoms with Crippen molar-refractivity contribution in [2.75, 3.05) is 5.75 Å². The summed E-state index contributed by atoms with van der Waals surface area (Å²) in [6.45, 7) is 4.33. The third kappa shape index (κ3) is 8.75. The third-order valence-electron chi connectivity index (χ3n) is 5.85. The van der Waals surface area contributed by atoms with Crippen molar-refractivity contribution in [1.29, 1.82) is 0 Å². The number of benzene rings is 3. The lowest BCUT2D eigenvalue weighted by Crippen LogP contribution is -2.52. The summed E-state index contributed by atoms with van der Waals surface area (Å²) in [7, 11) is 0. The molecule has 0 heterocycles. The van der Waals surface area contributed by atoms with Gasteiger partial charge in [0.05, 0.1) is 5.75 Å². The molecule has 184 valence electrons. The minimum absolute atomic E-state index is 0.0244. The van der Waals surface area contributed by atoms with E-state index in [2.05, 4.69) is 17.4 Å². The molecule has 2 amide bonds. The molecule has 2 atom stereocenters. The van der Waals surface area contributed by atoms with E-state index in [1.165, 1.54) is 5.56 Å². The fourth-order valence-electron chi connectivity index (χ4n) is 3.74. The van der Waals surface area contributed by atoms with Crippen LogP contribution in [0.25, 0.3) is 0 Å². The number of amides is 2. The van der Waals surface area contributed by atoms with E-state index in [-0.39, 0.29) is 23.6 Å². The molecule has 3 aromatic rings. The highest BCUT2D eigenvalue weighted by atomic mass is 35.5. The number of carbonyl (C=O) groups is 2. The van der Waals surface area contributed by atoms with Gasteiger partial charge in [0.15, 0.2) is 0 Å². The second-order valence-corrected chi connectivity index (χ2v) is 10.1. The molecular weight excluding hydrogens is 476 g/mol. The van der Waals surface area contributed by atoms with E-state index in [9.17, 15) is 9.59 Å². The molecule has 3 aromatic carbocycles. The first-order valence-electron chi connectivity index (χ1n) is 12.0. The van der Waals surface area contributed by atoms with E-state index in [0.717, 1.165) is 23.3 Å². The highest BCUT2D eigenvalue weighted by molar-refractivity contribution is 7.99. The summed E-state index contributed by atoms with van der Waals surface area (Å²) in [5, 5.41) is 3.71. The molecule has 3 rings (SSSR count). The highest BCUT2D eigenvalue weighted by Crippen LogP contribution is 2.20. The fraction of sp³-hybridized carbons (Fsp3) is 0.310. The molecule has 0 fully saturated rings. The van der Waals surface area contributed by atoms with E-state index in [1.807, 2.05) is 86.6 Å². The third-order valence-corrected chi connectivity index (χ3v) is 7.07. The maximum absolute atomic E-state index is 13.6. The Labute approximate surface area is 218 Å². The predicted molar refractivity (Wildman–Crippen MR) is 146 cm³/mol. The average molecular weight is 509 g/mol. The van der Waals surface area contributed by atoms with Gasteiger partial charge >= 0.3 is 0 Å². The molecule has 35 heavy (non-hydrogen) atoms. The lowest BCUT2D eigenvalue weighted by atomic mass is 10.0. The Kier molecular flexibility index (Phi) is 10.7. The van der Waals surface area contributed by atoms with Gasteiger partial charge < -0.3 is 10.2 Å². The molecule has 0 spiro atoms. The largest absolute Gasteiger partial charge is 0.352 e. The lowest BCUT2D eigenvalue weighted by Gasteiger charge is -2.32. The quantitative estimate of drug-likeness (QED) is 0.320. The zero-order chi connectivity index (χ0) is 25.0. The van der Waals surface area contributed by atoms with E-state index in [4.69, 9.17) is 11.6 Å². The molecule has 0 radical (unpaired) electrons. The van der Waals surface area contributed by atoms with Crippen molar-refractivity contribution in [3.63, 3.8) is 0 Å². The highest BCUT2D eigenvalue weighted by Gasteiger charge is 2.30. The summed E-state index contributed by atoms with van der Waals surface area (Å²) in [6, 6.07) is 26.8. The number of hydrogen-bond acceptors (Lipinski definition) is 3. The van der Waals surface area contributed by atoms with Crippen molar-refractivity contribution in [1.82, 2.24) is 10.2 Å². The molecule has 6 heteroatoms. The zero-order valence-corrected chi connectivity index (χ0v) is 21.9. The van der Waals surface area contributed by atoms with E-state index < -0.39 is 6.04 Å². The standard InChI is InChI=1S/C29H33ClN2O2S/c1-3-22(2)31-29(34)27(18-23-11-6-4-7-12-23)32(19-25-15-10-16-26(30)17-25)28(33)21-35-20-24-13-8-5-9-14-24/h4-17,22,27H,3,18-21H2,1-2H3,(H,31,34)/t22-,27+/m0/s1. The summed E-state index contributed by atoms with van der Waals surface area (Å²) >= 11 is 7.79. The molecule has 0 aliphatic carbocycles. The van der Waals surface area contributed by atoms with Gasteiger partial charge in [0.1, 0.15) is 6.04 Å². The van der Waals surface area contributed by atoms with Gasteiger partial charge in [-0.3, -0.25) is 9.59 Å². The van der Waals surface area contributed by atoms with Gasteiger partial charge in [0.25, 0.3) is 0 Å². The van der Waals surface area contributed by atoms with Crippen molar-refractivity contribution in [3.05, 3.63) is 107 Å². The topological polar surface area (TPSA) is 49.4 Å². The molecule has 1 N–H and O–H groups in total. The Hall–Kier alpha value is -2.76. The number of carbonyl (C=O) groups excluding carboxylic acids is 2. The average Bonchev–Trinajstić information content (AvgIpc) is 2.87. The van der Waals surface area contributed by atoms with Crippen molar-refractivity contribution in [2.45, 2.75) is 51.1 Å². The predicted octanol–water partition coefficient (Wildman–Crippen LogP) is 6.13. The second-order valence-electron chi connectivity index (χ2n) is 8.65. The van der Waals surface area contributed by atoms with E-state index in [0.29, 0.717) is 18.0 Å². The van der Waals surface area contributed by atoms with Crippen molar-refractivity contribution < 1.29 is 9.59 Å². The Morgan fingerprint density at radius 3 is 2.17 bits per heavy atom. The maximum Gasteiger partial charge on any atom is 0.243 e. The molecule has 0 aliphatic heterocycles. The van der Waals surface area contributed by atoms with Crippen LogP contribution in [0.4, 0.5) is 0 Å². The van der Waals surface area contributed by atoms with Gasteiger partial charge in [-0.1, -0.05) is 91.3 Å². The summed E-state index contributed by atoms with van der Waals surface area (Å²) in [5.41, 5.74) is 3.08. The SMILES string of the molecule is CC[C@H](C)NC(=O)[C@@H](Cc1ccccc1)N(Cc1cccc(Cl)c1)C(=O)CSCc1ccccc1. The summed E-state index contributed by atoms with van der Waals surface area (Å²) in [6.07, 6.45) is 1.26. The number of nitrogens with one attached hydrogen (secondary N) is 1. The van der Waals surface area contributed by atoms with Gasteiger partial charge in [0.2, 0.25) is 11.8 Å². The van der Waals surface area contributed by atoms with Crippen LogP contribution in [0.1, 0.15) is 37.0 Å². The van der Waals surface area contributed by atoms with Crippen LogP contribution in [-0.4, -0.2) is 34.6 Å². The normalized spacial score (nSPS) is 12.5. The minimum atomic E-state index is -0.629. The van der Waals surface area contributed by atoms with Crippen LogP contribution in [0.3, 0.4) is 0 Å². The smallest absolute Gasteiger partial charge is 0.243 e. The Balaban J connectivity index is 1.86. The Morgan fingerprint density at radius 2 is 1.54 bits per heavy atom. The molecule has 4 nitrogen and oxygen atoms in total. The van der Waals surface area contributed by atoms with Crippen LogP contribution in [0.5, 0.6) is 0 Å². The molecule has 0 unspecified atom stereocenters. The number of rotatable bonds is 12. The minimum Gasteiger partial charge on any atom is -0.352 e. The fourth-order valence-corrected chi connectivity index (χ4v) is 4.82. The molecule has 0 aliphatic rings. The Bertz CT molecular complexity index is 1080. The summed E-state index contributed by atoms with van der Waals surface area (Å²) in [4.78, 5) is 28.8. The zero-order valence-electron chi connectivity index (χ0n) is 20.3. The van der Waals surface area contributed by atoms with E-state index in [1.54, 1.807) is 16.7 Å². The van der Waals surface area contributed by atoms with Crippen LogP contribution in [0, 0.1) is 0 Å². The Morgan fingerprint density at radius 1 is 0.914 bits per heavy atom. The molecule has 0 saturated carbocycles. The van der Waals surface area contributed by atoms with Crippen molar-refractivity contribution >= 4 is 35.2 Å². The number of thioether (sulfide) groups is 1. The van der Waals surface area contributed by atoms with Crippen LogP contribution >= 0.6 is 23.4 Å². The van der Waals surface area contributed by atoms with Crippen LogP contribution in [-0.2, 0) is 28.3 Å². The lowest BCUT2D eigenvalue weighted by molar-refractivity contribution is -0.139.